The van der Waals surface area contributed by atoms with Crippen molar-refractivity contribution in [1.29, 1.82) is 0 Å². The highest BCUT2D eigenvalue weighted by molar-refractivity contribution is 6.43. The Morgan fingerprint density at radius 3 is 2.29 bits per heavy atom. The van der Waals surface area contributed by atoms with E-state index in [1.807, 2.05) is 0 Å². The first kappa shape index (κ1) is 21.1. The number of fused-ring (bicyclic) bond motifs is 2. The number of rotatable bonds is 4. The summed E-state index contributed by atoms with van der Waals surface area (Å²) in [6.45, 7) is 3.17. The van der Waals surface area contributed by atoms with Crippen LogP contribution in [0.5, 0.6) is 5.75 Å². The quantitative estimate of drug-likeness (QED) is 0.680. The van der Waals surface area contributed by atoms with Crippen molar-refractivity contribution < 1.29 is 23.9 Å². The minimum absolute atomic E-state index is 0.0488. The minimum Gasteiger partial charge on any atom is -0.482 e. The summed E-state index contributed by atoms with van der Waals surface area (Å²) in [6.07, 6.45) is 0. The number of benzene rings is 2. The van der Waals surface area contributed by atoms with Gasteiger partial charge in [-0.05, 0) is 43.7 Å². The highest BCUT2D eigenvalue weighted by atomic mass is 35.5. The van der Waals surface area contributed by atoms with Gasteiger partial charge in [-0.3, -0.25) is 24.1 Å². The Hall–Kier alpha value is -3.10. The van der Waals surface area contributed by atoms with Gasteiger partial charge in [-0.15, -0.1) is 0 Å². The third-order valence-corrected chi connectivity index (χ3v) is 5.94. The second-order valence-electron chi connectivity index (χ2n) is 7.29. The average molecular weight is 462 g/mol. The standard InChI is InChI=1S/C21H17Cl2N3O5/c1-9(11-3-4-17-16(5-11)25-18(27)8-31-17)24-19(28)10(2)26-20(29)12-6-14(22)15(23)7-13(12)21(26)30/h3-7,9-10H,8H2,1-2H3,(H,24,28)(H,25,27). The van der Waals surface area contributed by atoms with Gasteiger partial charge < -0.3 is 15.4 Å². The molecule has 2 N–H and O–H groups in total. The average Bonchev–Trinajstić information content (AvgIpc) is 2.96. The molecular weight excluding hydrogens is 445 g/mol. The van der Waals surface area contributed by atoms with Crippen LogP contribution in [0.3, 0.4) is 0 Å². The number of nitrogens with zero attached hydrogens (tertiary/aromatic N) is 1. The van der Waals surface area contributed by atoms with E-state index in [2.05, 4.69) is 10.6 Å². The van der Waals surface area contributed by atoms with E-state index in [-0.39, 0.29) is 33.7 Å². The summed E-state index contributed by atoms with van der Waals surface area (Å²) in [4.78, 5) is 50.7. The van der Waals surface area contributed by atoms with Crippen molar-refractivity contribution in [2.24, 2.45) is 0 Å². The van der Waals surface area contributed by atoms with Crippen LogP contribution < -0.4 is 15.4 Å². The first-order valence-electron chi connectivity index (χ1n) is 9.41. The van der Waals surface area contributed by atoms with Gasteiger partial charge in [0.15, 0.2) is 6.61 Å². The zero-order valence-corrected chi connectivity index (χ0v) is 18.0. The van der Waals surface area contributed by atoms with E-state index < -0.39 is 29.8 Å². The van der Waals surface area contributed by atoms with Crippen molar-refractivity contribution in [1.82, 2.24) is 10.2 Å². The number of amides is 4. The number of carbonyl (C=O) groups excluding carboxylic acids is 4. The fraction of sp³-hybridized carbons (Fsp3) is 0.238. The molecule has 2 unspecified atom stereocenters. The molecule has 2 aromatic carbocycles. The maximum absolute atomic E-state index is 12.8. The molecule has 2 aromatic rings. The molecular formula is C21H17Cl2N3O5. The van der Waals surface area contributed by atoms with E-state index in [4.69, 9.17) is 27.9 Å². The van der Waals surface area contributed by atoms with Crippen molar-refractivity contribution in [3.63, 3.8) is 0 Å². The lowest BCUT2D eigenvalue weighted by Gasteiger charge is -2.25. The molecule has 8 nitrogen and oxygen atoms in total. The molecule has 10 heteroatoms. The van der Waals surface area contributed by atoms with Crippen molar-refractivity contribution in [2.45, 2.75) is 25.9 Å². The fourth-order valence-corrected chi connectivity index (χ4v) is 3.84. The summed E-state index contributed by atoms with van der Waals surface area (Å²) < 4.78 is 5.33. The second-order valence-corrected chi connectivity index (χ2v) is 8.11. The fourth-order valence-electron chi connectivity index (χ4n) is 3.51. The number of anilines is 1. The van der Waals surface area contributed by atoms with Gasteiger partial charge >= 0.3 is 0 Å². The van der Waals surface area contributed by atoms with Gasteiger partial charge in [0.2, 0.25) is 5.91 Å². The van der Waals surface area contributed by atoms with Crippen LogP contribution in [0, 0.1) is 0 Å². The molecule has 2 atom stereocenters. The summed E-state index contributed by atoms with van der Waals surface area (Å²) in [5.74, 6) is -1.46. The maximum atomic E-state index is 12.8. The topological polar surface area (TPSA) is 105 Å². The normalized spacial score (nSPS) is 16.8. The molecule has 2 heterocycles. The molecule has 0 aromatic heterocycles. The first-order chi connectivity index (χ1) is 14.7. The van der Waals surface area contributed by atoms with Gasteiger partial charge in [0.05, 0.1) is 32.9 Å². The molecule has 0 radical (unpaired) electrons. The van der Waals surface area contributed by atoms with Crippen LogP contribution in [-0.4, -0.2) is 41.2 Å². The largest absolute Gasteiger partial charge is 0.482 e. The van der Waals surface area contributed by atoms with Gasteiger partial charge in [0.1, 0.15) is 11.8 Å². The van der Waals surface area contributed by atoms with Crippen molar-refractivity contribution in [2.75, 3.05) is 11.9 Å². The Balaban J connectivity index is 1.50. The molecule has 0 saturated heterocycles. The zero-order chi connectivity index (χ0) is 22.4. The number of halogens is 2. The highest BCUT2D eigenvalue weighted by Crippen LogP contribution is 2.33. The summed E-state index contributed by atoms with van der Waals surface area (Å²) >= 11 is 11.9. The van der Waals surface area contributed by atoms with Gasteiger partial charge in [-0.25, -0.2) is 0 Å². The Morgan fingerprint density at radius 2 is 1.68 bits per heavy atom. The molecule has 0 bridgehead atoms. The van der Waals surface area contributed by atoms with Gasteiger partial charge in [0, 0.05) is 0 Å². The molecule has 0 aliphatic carbocycles. The molecule has 2 aliphatic rings. The lowest BCUT2D eigenvalue weighted by atomic mass is 10.1. The van der Waals surface area contributed by atoms with Crippen molar-refractivity contribution in [3.8, 4) is 5.75 Å². The predicted molar refractivity (Wildman–Crippen MR) is 114 cm³/mol. The Kier molecular flexibility index (Phi) is 5.36. The summed E-state index contributed by atoms with van der Waals surface area (Å²) in [7, 11) is 0. The monoisotopic (exact) mass is 461 g/mol. The lowest BCUT2D eigenvalue weighted by molar-refractivity contribution is -0.125. The SMILES string of the molecule is CC(NC(=O)C(C)N1C(=O)c2cc(Cl)c(Cl)cc2C1=O)c1ccc2c(c1)NC(=O)CO2. The molecule has 31 heavy (non-hydrogen) atoms. The van der Waals surface area contributed by atoms with E-state index in [1.54, 1.807) is 25.1 Å². The van der Waals surface area contributed by atoms with Crippen LogP contribution in [0.4, 0.5) is 5.69 Å². The lowest BCUT2D eigenvalue weighted by Crippen LogP contribution is -2.48. The number of nitrogens with one attached hydrogen (secondary N) is 2. The number of imide groups is 1. The van der Waals surface area contributed by atoms with Gasteiger partial charge in [-0.2, -0.15) is 0 Å². The minimum atomic E-state index is -1.06. The van der Waals surface area contributed by atoms with E-state index in [1.165, 1.54) is 19.1 Å². The Bertz CT molecular complexity index is 1110. The van der Waals surface area contributed by atoms with E-state index in [0.717, 1.165) is 4.90 Å². The van der Waals surface area contributed by atoms with Crippen LogP contribution in [0.2, 0.25) is 10.0 Å². The molecule has 2 aliphatic heterocycles. The van der Waals surface area contributed by atoms with Crippen molar-refractivity contribution in [3.05, 3.63) is 57.1 Å². The van der Waals surface area contributed by atoms with E-state index >= 15 is 0 Å². The molecule has 4 amide bonds. The van der Waals surface area contributed by atoms with Crippen LogP contribution >= 0.6 is 23.2 Å². The second kappa shape index (κ2) is 7.86. The van der Waals surface area contributed by atoms with E-state index in [9.17, 15) is 19.2 Å². The molecule has 4 rings (SSSR count). The first-order valence-corrected chi connectivity index (χ1v) is 10.2. The molecule has 0 fully saturated rings. The zero-order valence-electron chi connectivity index (χ0n) is 16.5. The number of carbonyl (C=O) groups is 4. The molecule has 0 saturated carbocycles. The van der Waals surface area contributed by atoms with Crippen LogP contribution in [0.1, 0.15) is 46.2 Å². The smallest absolute Gasteiger partial charge is 0.262 e. The molecule has 0 spiro atoms. The van der Waals surface area contributed by atoms with Crippen LogP contribution in [-0.2, 0) is 9.59 Å². The predicted octanol–water partition coefficient (Wildman–Crippen LogP) is 3.19. The summed E-state index contributed by atoms with van der Waals surface area (Å²) in [5, 5.41) is 5.80. The summed E-state index contributed by atoms with van der Waals surface area (Å²) in [6, 6.07) is 6.30. The highest BCUT2D eigenvalue weighted by Gasteiger charge is 2.41. The maximum Gasteiger partial charge on any atom is 0.262 e. The van der Waals surface area contributed by atoms with Crippen LogP contribution in [0.25, 0.3) is 0 Å². The van der Waals surface area contributed by atoms with Crippen molar-refractivity contribution >= 4 is 52.5 Å². The van der Waals surface area contributed by atoms with Gasteiger partial charge in [-0.1, -0.05) is 29.3 Å². The van der Waals surface area contributed by atoms with E-state index in [0.29, 0.717) is 17.0 Å². The summed E-state index contributed by atoms with van der Waals surface area (Å²) in [5.41, 5.74) is 1.44. The Labute approximate surface area is 187 Å². The third kappa shape index (κ3) is 3.73. The van der Waals surface area contributed by atoms with Gasteiger partial charge in [0.25, 0.3) is 17.7 Å². The van der Waals surface area contributed by atoms with Crippen LogP contribution in [0.15, 0.2) is 30.3 Å². The number of hydrogen-bond donors (Lipinski definition) is 2. The number of hydrogen-bond acceptors (Lipinski definition) is 5. The number of ether oxygens (including phenoxy) is 1. The Morgan fingerprint density at radius 1 is 1.06 bits per heavy atom. The third-order valence-electron chi connectivity index (χ3n) is 5.22. The molecule has 160 valence electrons.